The van der Waals surface area contributed by atoms with E-state index < -0.39 is 0 Å². The predicted octanol–water partition coefficient (Wildman–Crippen LogP) is 5.60. The van der Waals surface area contributed by atoms with Crippen molar-refractivity contribution in [1.82, 2.24) is 24.7 Å². The van der Waals surface area contributed by atoms with Gasteiger partial charge >= 0.3 is 0 Å². The molecule has 1 aromatic carbocycles. The first-order valence-electron chi connectivity index (χ1n) is 8.40. The van der Waals surface area contributed by atoms with Crippen molar-refractivity contribution in [3.05, 3.63) is 57.1 Å². The maximum absolute atomic E-state index is 6.26. The molecular formula is C18H19Cl2N5S2. The zero-order valence-corrected chi connectivity index (χ0v) is 18.4. The number of aryl methyl sites for hydroxylation is 2. The molecule has 0 N–H and O–H groups in total. The van der Waals surface area contributed by atoms with E-state index in [-0.39, 0.29) is 0 Å². The zero-order chi connectivity index (χ0) is 19.4. The number of halogens is 2. The average molecular weight is 440 g/mol. The second-order valence-corrected chi connectivity index (χ2v) is 8.55. The van der Waals surface area contributed by atoms with Crippen LogP contribution in [0, 0.1) is 13.8 Å². The highest BCUT2D eigenvalue weighted by molar-refractivity contribution is 7.98. The Bertz CT molecular complexity index is 905. The van der Waals surface area contributed by atoms with Crippen molar-refractivity contribution in [1.29, 1.82) is 0 Å². The van der Waals surface area contributed by atoms with E-state index in [1.54, 1.807) is 23.5 Å². The summed E-state index contributed by atoms with van der Waals surface area (Å²) < 4.78 is 2.10. The van der Waals surface area contributed by atoms with Gasteiger partial charge in [-0.2, -0.15) is 0 Å². The van der Waals surface area contributed by atoms with Gasteiger partial charge in [-0.3, -0.25) is 0 Å². The summed E-state index contributed by atoms with van der Waals surface area (Å²) in [6, 6.07) is 7.50. The van der Waals surface area contributed by atoms with Crippen molar-refractivity contribution in [2.45, 2.75) is 49.1 Å². The number of hydrogen-bond acceptors (Lipinski definition) is 6. The Morgan fingerprint density at radius 3 is 2.26 bits per heavy atom. The normalized spacial score (nSPS) is 11.1. The summed E-state index contributed by atoms with van der Waals surface area (Å²) in [5, 5.41) is 11.6. The third-order valence-electron chi connectivity index (χ3n) is 3.81. The Morgan fingerprint density at radius 1 is 0.963 bits per heavy atom. The molecule has 0 saturated carbocycles. The highest BCUT2D eigenvalue weighted by Gasteiger charge is 2.14. The van der Waals surface area contributed by atoms with E-state index in [4.69, 9.17) is 23.2 Å². The number of rotatable bonds is 7. The predicted molar refractivity (Wildman–Crippen MR) is 113 cm³/mol. The van der Waals surface area contributed by atoms with Gasteiger partial charge in [-0.15, -0.1) is 10.2 Å². The van der Waals surface area contributed by atoms with Crippen LogP contribution in [-0.4, -0.2) is 24.7 Å². The van der Waals surface area contributed by atoms with E-state index in [0.29, 0.717) is 21.6 Å². The molecule has 0 atom stereocenters. The van der Waals surface area contributed by atoms with Crippen LogP contribution in [0.25, 0.3) is 0 Å². The minimum atomic E-state index is 0.643. The smallest absolute Gasteiger partial charge is 0.191 e. The molecule has 3 aromatic rings. The second-order valence-electron chi connectivity index (χ2n) is 5.85. The average Bonchev–Trinajstić information content (AvgIpc) is 3.00. The van der Waals surface area contributed by atoms with Gasteiger partial charge in [-0.05, 0) is 44.5 Å². The second kappa shape index (κ2) is 9.28. The fourth-order valence-electron chi connectivity index (χ4n) is 2.54. The number of thioether (sulfide) groups is 2. The standard InChI is InChI=1S/C18H19Cl2N5S2/c1-4-25-16(10-26-17-21-11(2)8-12(3)22-17)23-24-18(25)27-9-13-14(19)6-5-7-15(13)20/h5-8H,4,9-10H2,1-3H3. The van der Waals surface area contributed by atoms with Crippen LogP contribution in [0.15, 0.2) is 34.6 Å². The van der Waals surface area contributed by atoms with Crippen molar-refractivity contribution in [3.63, 3.8) is 0 Å². The summed E-state index contributed by atoms with van der Waals surface area (Å²) in [6.45, 7) is 6.82. The fraction of sp³-hybridized carbons (Fsp3) is 0.333. The molecule has 3 rings (SSSR count). The molecule has 142 valence electrons. The summed E-state index contributed by atoms with van der Waals surface area (Å²) in [7, 11) is 0. The monoisotopic (exact) mass is 439 g/mol. The molecule has 0 aliphatic carbocycles. The topological polar surface area (TPSA) is 56.5 Å². The molecule has 5 nitrogen and oxygen atoms in total. The SMILES string of the molecule is CCn1c(CSc2nc(C)cc(C)n2)nnc1SCc1c(Cl)cccc1Cl. The summed E-state index contributed by atoms with van der Waals surface area (Å²) >= 11 is 15.7. The van der Waals surface area contributed by atoms with Crippen LogP contribution in [0.1, 0.15) is 29.7 Å². The highest BCUT2D eigenvalue weighted by atomic mass is 35.5. The van der Waals surface area contributed by atoms with Crippen molar-refractivity contribution in [2.75, 3.05) is 0 Å². The molecule has 9 heteroatoms. The van der Waals surface area contributed by atoms with Crippen molar-refractivity contribution in [2.24, 2.45) is 0 Å². The molecule has 0 amide bonds. The fourth-order valence-corrected chi connectivity index (χ4v) is 5.20. The zero-order valence-electron chi connectivity index (χ0n) is 15.2. The van der Waals surface area contributed by atoms with Crippen molar-refractivity contribution >= 4 is 46.7 Å². The van der Waals surface area contributed by atoms with Crippen LogP contribution in [0.4, 0.5) is 0 Å². The molecule has 0 spiro atoms. The summed E-state index contributed by atoms with van der Waals surface area (Å²) in [5.41, 5.74) is 2.85. The van der Waals surface area contributed by atoms with Gasteiger partial charge in [-0.25, -0.2) is 9.97 Å². The first-order valence-corrected chi connectivity index (χ1v) is 11.1. The Labute approximate surface area is 177 Å². The molecule has 2 heterocycles. The summed E-state index contributed by atoms with van der Waals surface area (Å²) in [4.78, 5) is 8.93. The quantitative estimate of drug-likeness (QED) is 0.352. The molecule has 0 aliphatic rings. The number of hydrogen-bond donors (Lipinski definition) is 0. The van der Waals surface area contributed by atoms with Gasteiger partial charge in [-0.1, -0.05) is 52.8 Å². The maximum atomic E-state index is 6.26. The Hall–Kier alpha value is -1.28. The highest BCUT2D eigenvalue weighted by Crippen LogP contribution is 2.31. The van der Waals surface area contributed by atoms with Gasteiger partial charge < -0.3 is 4.57 Å². The summed E-state index contributed by atoms with van der Waals surface area (Å²) in [6.07, 6.45) is 0. The molecule has 2 aromatic heterocycles. The molecule has 0 aliphatic heterocycles. The maximum Gasteiger partial charge on any atom is 0.191 e. The van der Waals surface area contributed by atoms with Crippen LogP contribution < -0.4 is 0 Å². The van der Waals surface area contributed by atoms with Crippen LogP contribution in [0.5, 0.6) is 0 Å². The van der Waals surface area contributed by atoms with Gasteiger partial charge in [0.05, 0.1) is 5.75 Å². The van der Waals surface area contributed by atoms with Crippen LogP contribution >= 0.6 is 46.7 Å². The molecule has 27 heavy (non-hydrogen) atoms. The lowest BCUT2D eigenvalue weighted by molar-refractivity contribution is 0.659. The van der Waals surface area contributed by atoms with E-state index in [1.165, 1.54) is 0 Å². The molecule has 0 radical (unpaired) electrons. The first-order chi connectivity index (χ1) is 13.0. The lowest BCUT2D eigenvalue weighted by Crippen LogP contribution is -2.03. The van der Waals surface area contributed by atoms with Crippen molar-refractivity contribution < 1.29 is 0 Å². The first kappa shape index (κ1) is 20.5. The van der Waals surface area contributed by atoms with E-state index in [9.17, 15) is 0 Å². The molecular weight excluding hydrogens is 421 g/mol. The molecule has 0 saturated heterocycles. The van der Waals surface area contributed by atoms with E-state index in [2.05, 4.69) is 31.7 Å². The van der Waals surface area contributed by atoms with Gasteiger partial charge in [0.2, 0.25) is 0 Å². The molecule has 0 unspecified atom stereocenters. The van der Waals surface area contributed by atoms with Crippen LogP contribution in [-0.2, 0) is 18.1 Å². The van der Waals surface area contributed by atoms with Gasteiger partial charge in [0.15, 0.2) is 10.3 Å². The van der Waals surface area contributed by atoms with Crippen LogP contribution in [0.3, 0.4) is 0 Å². The van der Waals surface area contributed by atoms with E-state index in [0.717, 1.165) is 39.6 Å². The Morgan fingerprint density at radius 2 is 1.63 bits per heavy atom. The van der Waals surface area contributed by atoms with Crippen molar-refractivity contribution in [3.8, 4) is 0 Å². The van der Waals surface area contributed by atoms with Crippen LogP contribution in [0.2, 0.25) is 10.0 Å². The summed E-state index contributed by atoms with van der Waals surface area (Å²) in [5.74, 6) is 2.21. The van der Waals surface area contributed by atoms with Gasteiger partial charge in [0.1, 0.15) is 5.82 Å². The lowest BCUT2D eigenvalue weighted by Gasteiger charge is -2.09. The van der Waals surface area contributed by atoms with E-state index in [1.807, 2.05) is 38.1 Å². The largest absolute Gasteiger partial charge is 0.306 e. The lowest BCUT2D eigenvalue weighted by atomic mass is 10.2. The third kappa shape index (κ3) is 5.16. The Kier molecular flexibility index (Phi) is 7.03. The minimum Gasteiger partial charge on any atom is -0.306 e. The minimum absolute atomic E-state index is 0.643. The number of aromatic nitrogens is 5. The molecule has 0 fully saturated rings. The third-order valence-corrected chi connectivity index (χ3v) is 6.35. The number of benzene rings is 1. The van der Waals surface area contributed by atoms with Gasteiger partial charge in [0, 0.05) is 33.7 Å². The Balaban J connectivity index is 1.71. The molecule has 0 bridgehead atoms. The van der Waals surface area contributed by atoms with Gasteiger partial charge in [0.25, 0.3) is 0 Å². The van der Waals surface area contributed by atoms with E-state index >= 15 is 0 Å². The number of nitrogens with zero attached hydrogens (tertiary/aromatic N) is 5.